The van der Waals surface area contributed by atoms with Crippen LogP contribution in [0.15, 0.2) is 60.8 Å². The third-order valence-corrected chi connectivity index (χ3v) is 4.89. The van der Waals surface area contributed by atoms with Gasteiger partial charge >= 0.3 is 0 Å². The van der Waals surface area contributed by atoms with Crippen LogP contribution >= 0.6 is 0 Å². The number of hydrogen-bond donors (Lipinski definition) is 3. The van der Waals surface area contributed by atoms with Gasteiger partial charge in [-0.25, -0.2) is 18.2 Å². The Morgan fingerprint density at radius 3 is 2.41 bits per heavy atom. The summed E-state index contributed by atoms with van der Waals surface area (Å²) in [4.78, 5) is 10.3. The van der Waals surface area contributed by atoms with Crippen LogP contribution in [0.3, 0.4) is 0 Å². The van der Waals surface area contributed by atoms with Gasteiger partial charge in [0.05, 0.1) is 30.6 Å². The van der Waals surface area contributed by atoms with Gasteiger partial charge in [-0.1, -0.05) is 18.7 Å². The number of halogens is 3. The molecule has 0 unspecified atom stereocenters. The molecule has 0 atom stereocenters. The number of rotatable bonds is 6. The highest BCUT2D eigenvalue weighted by Crippen LogP contribution is 2.41. The monoisotopic (exact) mass is 440 g/mol. The van der Waals surface area contributed by atoms with Crippen LogP contribution in [0.1, 0.15) is 5.56 Å². The van der Waals surface area contributed by atoms with Crippen LogP contribution < -0.4 is 10.2 Å². The summed E-state index contributed by atoms with van der Waals surface area (Å²) in [5.41, 5.74) is 1.61. The highest BCUT2D eigenvalue weighted by atomic mass is 19.1. The molecule has 0 amide bonds. The summed E-state index contributed by atoms with van der Waals surface area (Å²) in [7, 11) is 0. The number of fused-ring (bicyclic) bond motifs is 1. The van der Waals surface area contributed by atoms with Crippen molar-refractivity contribution in [2.45, 2.75) is 6.04 Å². The smallest absolute Gasteiger partial charge is 0.225 e. The van der Waals surface area contributed by atoms with Gasteiger partial charge in [0.15, 0.2) is 5.82 Å². The summed E-state index contributed by atoms with van der Waals surface area (Å²) in [6.07, 6.45) is 3.30. The number of aliphatic hydroxyl groups is 2. The van der Waals surface area contributed by atoms with Crippen LogP contribution in [0.2, 0.25) is 0 Å². The molecule has 0 radical (unpaired) electrons. The van der Waals surface area contributed by atoms with E-state index < -0.39 is 36.7 Å². The van der Waals surface area contributed by atoms with E-state index in [2.05, 4.69) is 21.9 Å². The summed E-state index contributed by atoms with van der Waals surface area (Å²) in [6.45, 7) is 3.14. The van der Waals surface area contributed by atoms with Crippen LogP contribution in [-0.2, 0) is 0 Å². The number of nitrogens with zero attached hydrogens (tertiary/aromatic N) is 3. The van der Waals surface area contributed by atoms with Crippen molar-refractivity contribution in [2.24, 2.45) is 0 Å². The Kier molecular flexibility index (Phi) is 5.93. The van der Waals surface area contributed by atoms with E-state index in [0.29, 0.717) is 22.5 Å². The zero-order valence-corrected chi connectivity index (χ0v) is 16.8. The number of aromatic nitrogens is 2. The van der Waals surface area contributed by atoms with Gasteiger partial charge in [-0.15, -0.1) is 0 Å². The molecule has 9 heteroatoms. The van der Waals surface area contributed by atoms with Gasteiger partial charge in [-0.05, 0) is 36.4 Å². The predicted octanol–water partition coefficient (Wildman–Crippen LogP) is 4.00. The highest BCUT2D eigenvalue weighted by Gasteiger charge is 2.27. The van der Waals surface area contributed by atoms with Gasteiger partial charge in [0.25, 0.3) is 0 Å². The first-order valence-corrected chi connectivity index (χ1v) is 9.69. The lowest BCUT2D eigenvalue weighted by atomic mass is 10.0. The van der Waals surface area contributed by atoms with Crippen LogP contribution in [-0.4, -0.2) is 39.4 Å². The summed E-state index contributed by atoms with van der Waals surface area (Å²) in [5.74, 6) is -1.79. The summed E-state index contributed by atoms with van der Waals surface area (Å²) in [6, 6.07) is 8.15. The first-order valence-electron chi connectivity index (χ1n) is 9.69. The molecule has 3 N–H and O–H groups in total. The Morgan fingerprint density at radius 2 is 1.72 bits per heavy atom. The number of hydrogen-bond acceptors (Lipinski definition) is 6. The Labute approximate surface area is 182 Å². The lowest BCUT2D eigenvalue weighted by Crippen LogP contribution is -2.29. The largest absolute Gasteiger partial charge is 0.394 e. The number of anilines is 3. The standard InChI is InChI=1S/C23H19F3N4O2/c1-13-5-7-18-21(14-3-2-4-15(24)9-14)28-23(27-17(11-31)12-32)29-22(18)30(13)20-8-6-16(25)10-19(20)26/h2-10,17,31-32H,1,11-12H2,(H,27,28,29). The molecule has 0 saturated heterocycles. The second-order valence-electron chi connectivity index (χ2n) is 7.11. The minimum atomic E-state index is -0.823. The summed E-state index contributed by atoms with van der Waals surface area (Å²) in [5, 5.41) is 21.7. The van der Waals surface area contributed by atoms with E-state index in [4.69, 9.17) is 0 Å². The zero-order valence-electron chi connectivity index (χ0n) is 16.8. The molecular weight excluding hydrogens is 421 g/mol. The van der Waals surface area contributed by atoms with E-state index in [9.17, 15) is 23.4 Å². The fourth-order valence-corrected chi connectivity index (χ4v) is 3.35. The van der Waals surface area contributed by atoms with E-state index >= 15 is 0 Å². The lowest BCUT2D eigenvalue weighted by Gasteiger charge is -2.30. The normalized spacial score (nSPS) is 12.9. The first-order chi connectivity index (χ1) is 15.4. The quantitative estimate of drug-likeness (QED) is 0.538. The molecule has 2 heterocycles. The lowest BCUT2D eigenvalue weighted by molar-refractivity contribution is 0.203. The molecule has 32 heavy (non-hydrogen) atoms. The van der Waals surface area contributed by atoms with Crippen molar-refractivity contribution in [1.29, 1.82) is 0 Å². The minimum absolute atomic E-state index is 0.0118. The molecule has 3 aromatic rings. The topological polar surface area (TPSA) is 81.5 Å². The third-order valence-electron chi connectivity index (χ3n) is 4.89. The molecule has 0 aliphatic carbocycles. The van der Waals surface area contributed by atoms with E-state index in [0.717, 1.165) is 12.1 Å². The second-order valence-corrected chi connectivity index (χ2v) is 7.11. The SMILES string of the molecule is C=C1C=Cc2c(-c3cccc(F)c3)nc(NC(CO)CO)nc2N1c1ccc(F)cc1F. The van der Waals surface area contributed by atoms with Crippen molar-refractivity contribution >= 4 is 23.5 Å². The Hall–Kier alpha value is -3.69. The van der Waals surface area contributed by atoms with Crippen molar-refractivity contribution in [3.8, 4) is 11.3 Å². The maximum Gasteiger partial charge on any atom is 0.225 e. The van der Waals surface area contributed by atoms with Gasteiger partial charge in [0.2, 0.25) is 5.95 Å². The van der Waals surface area contributed by atoms with Crippen LogP contribution in [0.4, 0.5) is 30.6 Å². The number of benzene rings is 2. The van der Waals surface area contributed by atoms with E-state index in [1.54, 1.807) is 18.2 Å². The van der Waals surface area contributed by atoms with E-state index in [-0.39, 0.29) is 17.5 Å². The van der Waals surface area contributed by atoms with Crippen LogP contribution in [0.25, 0.3) is 17.3 Å². The van der Waals surface area contributed by atoms with Crippen molar-refractivity contribution < 1.29 is 23.4 Å². The van der Waals surface area contributed by atoms with Crippen molar-refractivity contribution in [3.63, 3.8) is 0 Å². The molecule has 164 valence electrons. The van der Waals surface area contributed by atoms with E-state index in [1.807, 2.05) is 0 Å². The van der Waals surface area contributed by atoms with Crippen LogP contribution in [0.5, 0.6) is 0 Å². The van der Waals surface area contributed by atoms with Crippen molar-refractivity contribution in [3.05, 3.63) is 83.8 Å². The molecule has 0 bridgehead atoms. The summed E-state index contributed by atoms with van der Waals surface area (Å²) >= 11 is 0. The molecule has 0 spiro atoms. The zero-order chi connectivity index (χ0) is 22.8. The fourth-order valence-electron chi connectivity index (χ4n) is 3.35. The van der Waals surface area contributed by atoms with Gasteiger partial charge in [-0.2, -0.15) is 4.98 Å². The predicted molar refractivity (Wildman–Crippen MR) is 116 cm³/mol. The first kappa shape index (κ1) is 21.5. The Balaban J connectivity index is 1.95. The maximum absolute atomic E-state index is 14.7. The van der Waals surface area contributed by atoms with Gasteiger partial charge < -0.3 is 15.5 Å². The molecular formula is C23H19F3N4O2. The van der Waals surface area contributed by atoms with Crippen molar-refractivity contribution in [2.75, 3.05) is 23.4 Å². The fraction of sp³-hybridized carbons (Fsp3) is 0.130. The molecule has 0 fully saturated rings. The molecule has 2 aromatic carbocycles. The Morgan fingerprint density at radius 1 is 0.969 bits per heavy atom. The molecule has 1 aliphatic heterocycles. The third kappa shape index (κ3) is 4.08. The molecule has 4 rings (SSSR count). The number of aliphatic hydroxyl groups excluding tert-OH is 2. The second kappa shape index (κ2) is 8.81. The van der Waals surface area contributed by atoms with Crippen molar-refractivity contribution in [1.82, 2.24) is 9.97 Å². The molecule has 1 aliphatic rings. The van der Waals surface area contributed by atoms with Crippen LogP contribution in [0, 0.1) is 17.5 Å². The minimum Gasteiger partial charge on any atom is -0.394 e. The van der Waals surface area contributed by atoms with Gasteiger partial charge in [0.1, 0.15) is 17.5 Å². The van der Waals surface area contributed by atoms with E-state index in [1.165, 1.54) is 29.2 Å². The average molecular weight is 440 g/mol. The molecule has 1 aromatic heterocycles. The maximum atomic E-state index is 14.7. The highest BCUT2D eigenvalue weighted by molar-refractivity contribution is 5.88. The Bertz CT molecular complexity index is 1210. The van der Waals surface area contributed by atoms with Gasteiger partial charge in [0, 0.05) is 22.9 Å². The number of nitrogens with one attached hydrogen (secondary N) is 1. The molecule has 0 saturated carbocycles. The van der Waals surface area contributed by atoms with Gasteiger partial charge in [-0.3, -0.25) is 4.90 Å². The summed E-state index contributed by atoms with van der Waals surface area (Å²) < 4.78 is 42.1. The molecule has 6 nitrogen and oxygen atoms in total. The average Bonchev–Trinajstić information content (AvgIpc) is 2.77. The number of allylic oxidation sites excluding steroid dienone is 1.